The predicted octanol–water partition coefficient (Wildman–Crippen LogP) is 2.79. The van der Waals surface area contributed by atoms with Gasteiger partial charge >= 0.3 is 0 Å². The van der Waals surface area contributed by atoms with E-state index in [-0.39, 0.29) is 29.1 Å². The molecule has 4 heterocycles. The highest BCUT2D eigenvalue weighted by Gasteiger charge is 2.47. The van der Waals surface area contributed by atoms with E-state index in [1.807, 2.05) is 19.9 Å². The molecule has 2 saturated heterocycles. The lowest BCUT2D eigenvalue weighted by atomic mass is 9.88. The number of benzene rings is 1. The van der Waals surface area contributed by atoms with E-state index in [2.05, 4.69) is 25.2 Å². The number of rotatable bonds is 4. The molecule has 2 aliphatic heterocycles. The monoisotopic (exact) mass is 407 g/mol. The molecule has 30 heavy (non-hydrogen) atoms. The molecule has 3 aromatic rings. The average molecular weight is 407 g/mol. The van der Waals surface area contributed by atoms with E-state index in [4.69, 9.17) is 4.42 Å². The Balaban J connectivity index is 1.44. The quantitative estimate of drug-likeness (QED) is 0.666. The molecule has 3 atom stereocenters. The zero-order valence-corrected chi connectivity index (χ0v) is 16.8. The van der Waals surface area contributed by atoms with Crippen LogP contribution in [0.1, 0.15) is 21.7 Å². The first kappa shape index (κ1) is 18.9. The van der Waals surface area contributed by atoms with Crippen LogP contribution >= 0.6 is 0 Å². The standard InChI is InChI=1S/C22H22FN5O2/c1-12-8-13(2)27-22(26-12)28-10-14-9-25-19(16(14)11-28)20(29)18-15(4-3-5-17(18)23)21-24-6-7-30-21/h3-8,14,16,19,25H,9-11H2,1-2H3. The van der Waals surface area contributed by atoms with Crippen molar-refractivity contribution in [2.24, 2.45) is 11.8 Å². The summed E-state index contributed by atoms with van der Waals surface area (Å²) in [6, 6.07) is 5.99. The van der Waals surface area contributed by atoms with Gasteiger partial charge < -0.3 is 14.6 Å². The number of aromatic nitrogens is 3. The molecule has 1 aromatic carbocycles. The van der Waals surface area contributed by atoms with Gasteiger partial charge in [-0.05, 0) is 38.0 Å². The first-order chi connectivity index (χ1) is 14.5. The van der Waals surface area contributed by atoms with Gasteiger partial charge in [-0.15, -0.1) is 0 Å². The molecule has 2 aliphatic rings. The normalized spacial score (nSPS) is 23.0. The van der Waals surface area contributed by atoms with Crippen LogP contribution in [-0.2, 0) is 0 Å². The lowest BCUT2D eigenvalue weighted by molar-refractivity contribution is 0.0927. The fourth-order valence-electron chi connectivity index (χ4n) is 4.68. The second kappa shape index (κ2) is 7.28. The maximum atomic E-state index is 14.8. The second-order valence-corrected chi connectivity index (χ2v) is 8.03. The highest BCUT2D eigenvalue weighted by Crippen LogP contribution is 2.36. The number of nitrogens with zero attached hydrogens (tertiary/aromatic N) is 4. The summed E-state index contributed by atoms with van der Waals surface area (Å²) in [7, 11) is 0. The van der Waals surface area contributed by atoms with E-state index in [0.29, 0.717) is 24.6 Å². The number of hydrogen-bond acceptors (Lipinski definition) is 7. The van der Waals surface area contributed by atoms with Crippen LogP contribution in [0.2, 0.25) is 0 Å². The van der Waals surface area contributed by atoms with Crippen LogP contribution in [0.4, 0.5) is 10.3 Å². The Labute approximate surface area is 173 Å². The van der Waals surface area contributed by atoms with Crippen molar-refractivity contribution < 1.29 is 13.6 Å². The molecule has 8 heteroatoms. The zero-order valence-electron chi connectivity index (χ0n) is 16.8. The van der Waals surface area contributed by atoms with Crippen LogP contribution in [0.3, 0.4) is 0 Å². The smallest absolute Gasteiger partial charge is 0.226 e. The molecule has 0 amide bonds. The van der Waals surface area contributed by atoms with E-state index in [0.717, 1.165) is 17.9 Å². The first-order valence-electron chi connectivity index (χ1n) is 10.0. The molecule has 1 N–H and O–H groups in total. The van der Waals surface area contributed by atoms with Crippen LogP contribution in [0.15, 0.2) is 41.1 Å². The van der Waals surface area contributed by atoms with Gasteiger partial charge in [0.2, 0.25) is 11.8 Å². The topological polar surface area (TPSA) is 84.2 Å². The van der Waals surface area contributed by atoms with E-state index in [1.165, 1.54) is 18.5 Å². The van der Waals surface area contributed by atoms with Gasteiger partial charge in [0, 0.05) is 36.9 Å². The lowest BCUT2D eigenvalue weighted by Gasteiger charge is -2.21. The van der Waals surface area contributed by atoms with Crippen molar-refractivity contribution in [3.05, 3.63) is 59.5 Å². The van der Waals surface area contributed by atoms with Crippen LogP contribution in [-0.4, -0.2) is 46.4 Å². The number of fused-ring (bicyclic) bond motifs is 1. The van der Waals surface area contributed by atoms with Crippen molar-refractivity contribution in [3.8, 4) is 11.5 Å². The molecular formula is C22H22FN5O2. The minimum Gasteiger partial charge on any atom is -0.445 e. The summed E-state index contributed by atoms with van der Waals surface area (Å²) in [5.41, 5.74) is 2.24. The number of ketones is 1. The Morgan fingerprint density at radius 1 is 1.23 bits per heavy atom. The number of carbonyl (C=O) groups is 1. The molecule has 2 fully saturated rings. The van der Waals surface area contributed by atoms with Crippen molar-refractivity contribution in [2.45, 2.75) is 19.9 Å². The van der Waals surface area contributed by atoms with E-state index in [1.54, 1.807) is 12.1 Å². The largest absolute Gasteiger partial charge is 0.445 e. The van der Waals surface area contributed by atoms with Gasteiger partial charge in [-0.3, -0.25) is 4.79 Å². The van der Waals surface area contributed by atoms with Gasteiger partial charge in [0.25, 0.3) is 0 Å². The van der Waals surface area contributed by atoms with Gasteiger partial charge in [0.1, 0.15) is 12.1 Å². The number of oxazole rings is 1. The third-order valence-electron chi connectivity index (χ3n) is 5.98. The van der Waals surface area contributed by atoms with Gasteiger partial charge in [-0.1, -0.05) is 6.07 Å². The fraction of sp³-hybridized carbons (Fsp3) is 0.364. The third-order valence-corrected chi connectivity index (χ3v) is 5.98. The average Bonchev–Trinajstić information content (AvgIpc) is 3.43. The molecule has 2 aromatic heterocycles. The summed E-state index contributed by atoms with van der Waals surface area (Å²) in [5.74, 6) is 0.438. The number of halogens is 1. The Morgan fingerprint density at radius 2 is 2.03 bits per heavy atom. The Morgan fingerprint density at radius 3 is 2.77 bits per heavy atom. The maximum Gasteiger partial charge on any atom is 0.226 e. The minimum atomic E-state index is -0.562. The predicted molar refractivity (Wildman–Crippen MR) is 109 cm³/mol. The summed E-state index contributed by atoms with van der Waals surface area (Å²) >= 11 is 0. The SMILES string of the molecule is Cc1cc(C)nc(N2CC3CNC(C(=O)c4c(F)cccc4-c4ncco4)C3C2)n1. The lowest BCUT2D eigenvalue weighted by Crippen LogP contribution is -2.39. The highest BCUT2D eigenvalue weighted by atomic mass is 19.1. The molecule has 3 unspecified atom stereocenters. The second-order valence-electron chi connectivity index (χ2n) is 8.03. The minimum absolute atomic E-state index is 0.0270. The summed E-state index contributed by atoms with van der Waals surface area (Å²) in [4.78, 5) is 28.8. The third kappa shape index (κ3) is 3.17. The molecule has 0 saturated carbocycles. The van der Waals surface area contributed by atoms with Crippen LogP contribution < -0.4 is 10.2 Å². The molecule has 7 nitrogen and oxygen atoms in total. The Hall–Kier alpha value is -3.13. The summed E-state index contributed by atoms with van der Waals surface area (Å²) in [5, 5.41) is 3.32. The van der Waals surface area contributed by atoms with Crippen LogP contribution in [0.25, 0.3) is 11.5 Å². The fourth-order valence-corrected chi connectivity index (χ4v) is 4.68. The van der Waals surface area contributed by atoms with E-state index >= 15 is 0 Å². The van der Waals surface area contributed by atoms with Crippen molar-refractivity contribution in [1.82, 2.24) is 20.3 Å². The molecular weight excluding hydrogens is 385 g/mol. The summed E-state index contributed by atoms with van der Waals surface area (Å²) < 4.78 is 20.1. The highest BCUT2D eigenvalue weighted by molar-refractivity contribution is 6.05. The van der Waals surface area contributed by atoms with Crippen molar-refractivity contribution >= 4 is 11.7 Å². The number of nitrogens with one attached hydrogen (secondary N) is 1. The van der Waals surface area contributed by atoms with Crippen molar-refractivity contribution in [1.29, 1.82) is 0 Å². The molecule has 154 valence electrons. The molecule has 5 rings (SSSR count). The van der Waals surface area contributed by atoms with Crippen LogP contribution in [0, 0.1) is 31.5 Å². The van der Waals surface area contributed by atoms with Gasteiger partial charge in [-0.25, -0.2) is 19.3 Å². The van der Waals surface area contributed by atoms with E-state index < -0.39 is 11.9 Å². The van der Waals surface area contributed by atoms with Crippen molar-refractivity contribution in [2.75, 3.05) is 24.5 Å². The number of Topliss-reactive ketones (excluding diaryl/α,β-unsaturated/α-hetero) is 1. The maximum absolute atomic E-state index is 14.8. The van der Waals surface area contributed by atoms with Crippen molar-refractivity contribution in [3.63, 3.8) is 0 Å². The van der Waals surface area contributed by atoms with E-state index in [9.17, 15) is 9.18 Å². The summed E-state index contributed by atoms with van der Waals surface area (Å²) in [6.45, 7) is 6.02. The number of carbonyl (C=O) groups excluding carboxylic acids is 1. The zero-order chi connectivity index (χ0) is 20.8. The molecule has 0 radical (unpaired) electrons. The van der Waals surface area contributed by atoms with Crippen LogP contribution in [0.5, 0.6) is 0 Å². The first-order valence-corrected chi connectivity index (χ1v) is 10.0. The molecule has 0 spiro atoms. The Kier molecular flexibility index (Phi) is 4.58. The number of anilines is 1. The van der Waals surface area contributed by atoms with Gasteiger partial charge in [-0.2, -0.15) is 0 Å². The summed E-state index contributed by atoms with van der Waals surface area (Å²) in [6.07, 6.45) is 2.90. The molecule has 0 bridgehead atoms. The van der Waals surface area contributed by atoms with Gasteiger partial charge in [0.05, 0.1) is 23.4 Å². The number of aryl methyl sites for hydroxylation is 2. The van der Waals surface area contributed by atoms with Gasteiger partial charge in [0.15, 0.2) is 5.78 Å². The molecule has 0 aliphatic carbocycles. The Bertz CT molecular complexity index is 1080. The number of hydrogen-bond donors (Lipinski definition) is 1.